The lowest BCUT2D eigenvalue weighted by Gasteiger charge is -2.26. The van der Waals surface area contributed by atoms with Gasteiger partial charge in [-0.2, -0.15) is 0 Å². The topological polar surface area (TPSA) is 131 Å². The Labute approximate surface area is 246 Å². The van der Waals surface area contributed by atoms with Gasteiger partial charge in [-0.05, 0) is 66.3 Å². The molecule has 0 aromatic heterocycles. The molecule has 1 aliphatic rings. The highest BCUT2D eigenvalue weighted by Gasteiger charge is 2.32. The normalized spacial score (nSPS) is 14.0. The number of hydrazone groups is 1. The number of carbonyl (C=O) groups is 2. The van der Waals surface area contributed by atoms with Crippen molar-refractivity contribution in [2.24, 2.45) is 10.2 Å². The number of nitrogens with zero attached hydrogens (tertiary/aromatic N) is 3. The number of urea groups is 1. The van der Waals surface area contributed by atoms with Crippen molar-refractivity contribution in [3.8, 4) is 5.75 Å². The molecular weight excluding hydrogens is 563 g/mol. The molecule has 0 radical (unpaired) electrons. The summed E-state index contributed by atoms with van der Waals surface area (Å²) in [5, 5.41) is 11.8. The summed E-state index contributed by atoms with van der Waals surface area (Å²) < 4.78 is 43.0. The van der Waals surface area contributed by atoms with E-state index in [1.54, 1.807) is 24.3 Å². The van der Waals surface area contributed by atoms with Crippen LogP contribution in [0.2, 0.25) is 0 Å². The molecule has 13 heteroatoms. The minimum atomic E-state index is -4.93. The average Bonchev–Trinajstić information content (AvgIpc) is 3.00. The van der Waals surface area contributed by atoms with Gasteiger partial charge in [0.15, 0.2) is 5.75 Å². The molecule has 1 aliphatic carbocycles. The van der Waals surface area contributed by atoms with E-state index in [9.17, 15) is 22.8 Å². The maximum atomic E-state index is 13.6. The Bertz CT molecular complexity index is 1440. The molecule has 0 atom stereocenters. The second kappa shape index (κ2) is 14.3. The number of ether oxygens (including phenoxy) is 1. The Kier molecular flexibility index (Phi) is 10.3. The monoisotopic (exact) mass is 595 g/mol. The molecule has 4 rings (SSSR count). The van der Waals surface area contributed by atoms with Gasteiger partial charge in [-0.25, -0.2) is 10.3 Å². The molecule has 0 heterocycles. The quantitative estimate of drug-likeness (QED) is 0.0955. The number of carbonyl (C=O) groups excluding carboxylic acids is 2. The van der Waals surface area contributed by atoms with Gasteiger partial charge in [0, 0.05) is 18.3 Å². The first-order valence-corrected chi connectivity index (χ1v) is 13.7. The third kappa shape index (κ3) is 8.77. The smallest absolute Gasteiger partial charge is 0.404 e. The highest BCUT2D eigenvalue weighted by atomic mass is 19.4. The molecule has 4 N–H and O–H groups in total. The standard InChI is InChI=1S/C30H32F3N7O3/c1-35-39-28(38-34)37-27(41)23-13-11-20(12-14-23)19-40(24-17-15-22(16-18-24)21-7-3-2-4-8-21)29(42)36-25-9-5-6-10-26(25)43-30(31,32)33/h5-6,9-18,21,34-35H,2-4,7-8,19H2,1H3,(H,36,42)(H,37,39,41). The summed E-state index contributed by atoms with van der Waals surface area (Å²) in [5.41, 5.74) is 12.0. The summed E-state index contributed by atoms with van der Waals surface area (Å²) in [5.74, 6) is -0.833. The predicted molar refractivity (Wildman–Crippen MR) is 156 cm³/mol. The molecule has 0 spiro atoms. The maximum absolute atomic E-state index is 13.6. The second-order valence-electron chi connectivity index (χ2n) is 9.91. The lowest BCUT2D eigenvalue weighted by molar-refractivity contribution is -0.274. The van der Waals surface area contributed by atoms with E-state index in [2.05, 4.69) is 31.0 Å². The van der Waals surface area contributed by atoms with Gasteiger partial charge in [-0.1, -0.05) is 55.7 Å². The van der Waals surface area contributed by atoms with Crippen molar-refractivity contribution in [3.63, 3.8) is 0 Å². The maximum Gasteiger partial charge on any atom is 0.573 e. The van der Waals surface area contributed by atoms with Crippen molar-refractivity contribution in [1.82, 2.24) is 10.7 Å². The molecule has 0 bridgehead atoms. The van der Waals surface area contributed by atoms with E-state index in [4.69, 9.17) is 5.53 Å². The first-order chi connectivity index (χ1) is 20.7. The van der Waals surface area contributed by atoms with E-state index < -0.39 is 24.1 Å². The zero-order chi connectivity index (χ0) is 30.8. The van der Waals surface area contributed by atoms with E-state index in [1.807, 2.05) is 24.3 Å². The zero-order valence-corrected chi connectivity index (χ0v) is 23.4. The molecule has 3 aromatic carbocycles. The molecule has 3 amide bonds. The summed E-state index contributed by atoms with van der Waals surface area (Å²) in [6, 6.07) is 18.7. The van der Waals surface area contributed by atoms with Crippen molar-refractivity contribution in [2.75, 3.05) is 17.3 Å². The zero-order valence-electron chi connectivity index (χ0n) is 23.4. The molecule has 1 fully saturated rings. The average molecular weight is 596 g/mol. The molecule has 3 aromatic rings. The van der Waals surface area contributed by atoms with Crippen molar-refractivity contribution >= 4 is 29.3 Å². The number of hydrogen-bond donors (Lipinski definition) is 4. The van der Waals surface area contributed by atoms with E-state index in [-0.39, 0.29) is 23.8 Å². The van der Waals surface area contributed by atoms with Crippen LogP contribution >= 0.6 is 0 Å². The fraction of sp³-hybridized carbons (Fsp3) is 0.300. The lowest BCUT2D eigenvalue weighted by atomic mass is 9.84. The van der Waals surface area contributed by atoms with Crippen LogP contribution in [0.3, 0.4) is 0 Å². The van der Waals surface area contributed by atoms with Crippen LogP contribution in [0.25, 0.3) is 0 Å². The van der Waals surface area contributed by atoms with E-state index in [0.717, 1.165) is 18.9 Å². The molecule has 0 unspecified atom stereocenters. The van der Waals surface area contributed by atoms with E-state index in [0.29, 0.717) is 17.2 Å². The summed E-state index contributed by atoms with van der Waals surface area (Å²) in [6.07, 6.45) is 0.867. The first kappa shape index (κ1) is 31.0. The number of alkyl halides is 3. The Morgan fingerprint density at radius 1 is 0.977 bits per heavy atom. The van der Waals surface area contributed by atoms with Gasteiger partial charge in [-0.15, -0.1) is 23.4 Å². The van der Waals surface area contributed by atoms with Crippen LogP contribution in [0.5, 0.6) is 5.75 Å². The number of rotatable bonds is 8. The van der Waals surface area contributed by atoms with Crippen LogP contribution in [0.15, 0.2) is 83.0 Å². The molecule has 10 nitrogen and oxygen atoms in total. The van der Waals surface area contributed by atoms with Gasteiger partial charge < -0.3 is 15.5 Å². The first-order valence-electron chi connectivity index (χ1n) is 13.7. The van der Waals surface area contributed by atoms with Gasteiger partial charge in [0.25, 0.3) is 11.9 Å². The Balaban J connectivity index is 1.58. The fourth-order valence-corrected chi connectivity index (χ4v) is 4.91. The number of anilines is 2. The molecule has 0 aliphatic heterocycles. The highest BCUT2D eigenvalue weighted by molar-refractivity contribution is 6.06. The highest BCUT2D eigenvalue weighted by Crippen LogP contribution is 2.34. The Morgan fingerprint density at radius 3 is 2.28 bits per heavy atom. The number of para-hydroxylation sites is 2. The minimum absolute atomic E-state index is 0.0489. The fourth-order valence-electron chi connectivity index (χ4n) is 4.91. The number of hydrogen-bond acceptors (Lipinski definition) is 6. The van der Waals surface area contributed by atoms with E-state index in [1.165, 1.54) is 55.0 Å². The third-order valence-corrected chi connectivity index (χ3v) is 6.99. The predicted octanol–water partition coefficient (Wildman–Crippen LogP) is 7.12. The number of nitrogens with one attached hydrogen (secondary N) is 4. The summed E-state index contributed by atoms with van der Waals surface area (Å²) in [7, 11) is 1.50. The van der Waals surface area contributed by atoms with Crippen LogP contribution in [-0.4, -0.2) is 31.3 Å². The molecular formula is C30H32F3N7O3. The molecule has 226 valence electrons. The molecule has 1 saturated carbocycles. The largest absolute Gasteiger partial charge is 0.573 e. The second-order valence-corrected chi connectivity index (χ2v) is 9.91. The Hall–Kier alpha value is -4.94. The van der Waals surface area contributed by atoms with Crippen molar-refractivity contribution in [1.29, 1.82) is 5.53 Å². The van der Waals surface area contributed by atoms with Gasteiger partial charge in [0.1, 0.15) is 0 Å². The number of amides is 3. The SMILES string of the molecule is CN/N=C(\N=N)NC(=O)c1ccc(CN(C(=O)Nc2ccccc2OC(F)(F)F)c2ccc(C3CCCCC3)cc2)cc1. The number of benzene rings is 3. The number of halogens is 3. The van der Waals surface area contributed by atoms with Crippen molar-refractivity contribution in [3.05, 3.63) is 89.5 Å². The number of guanidine groups is 1. The lowest BCUT2D eigenvalue weighted by Crippen LogP contribution is -2.35. The van der Waals surface area contributed by atoms with Gasteiger partial charge in [-0.3, -0.25) is 15.0 Å². The van der Waals surface area contributed by atoms with E-state index >= 15 is 0 Å². The Morgan fingerprint density at radius 2 is 1.65 bits per heavy atom. The summed E-state index contributed by atoms with van der Waals surface area (Å²) in [6.45, 7) is 0.0489. The van der Waals surface area contributed by atoms with Crippen molar-refractivity contribution in [2.45, 2.75) is 50.9 Å². The van der Waals surface area contributed by atoms with Crippen LogP contribution in [-0.2, 0) is 6.54 Å². The molecule has 0 saturated heterocycles. The van der Waals surface area contributed by atoms with Crippen LogP contribution in [0.4, 0.5) is 29.3 Å². The summed E-state index contributed by atoms with van der Waals surface area (Å²) >= 11 is 0. The van der Waals surface area contributed by atoms with Crippen LogP contribution in [0, 0.1) is 5.53 Å². The minimum Gasteiger partial charge on any atom is -0.404 e. The molecule has 43 heavy (non-hydrogen) atoms. The van der Waals surface area contributed by atoms with Gasteiger partial charge >= 0.3 is 12.4 Å². The summed E-state index contributed by atoms with van der Waals surface area (Å²) in [4.78, 5) is 27.5. The van der Waals surface area contributed by atoms with Crippen LogP contribution in [0.1, 0.15) is 59.5 Å². The van der Waals surface area contributed by atoms with Gasteiger partial charge in [0.05, 0.1) is 12.2 Å². The van der Waals surface area contributed by atoms with Crippen LogP contribution < -0.4 is 25.7 Å². The third-order valence-electron chi connectivity index (χ3n) is 6.99. The van der Waals surface area contributed by atoms with Crippen molar-refractivity contribution < 1.29 is 27.5 Å². The van der Waals surface area contributed by atoms with Gasteiger partial charge in [0.2, 0.25) is 0 Å².